The predicted molar refractivity (Wildman–Crippen MR) is 68.9 cm³/mol. The topological polar surface area (TPSA) is 93.1 Å². The van der Waals surface area contributed by atoms with Crippen LogP contribution >= 0.6 is 0 Å². The molecule has 1 aliphatic heterocycles. The minimum Gasteiger partial charge on any atom is -0.445 e. The largest absolute Gasteiger partial charge is 0.445 e. The molecule has 1 saturated heterocycles. The maximum absolute atomic E-state index is 13.2. The molecule has 1 N–H and O–H groups in total. The Labute approximate surface area is 134 Å². The Morgan fingerprint density at radius 1 is 1.21 bits per heavy atom. The Balaban J connectivity index is 2.62. The lowest BCUT2D eigenvalue weighted by atomic mass is 10.2. The van der Waals surface area contributed by atoms with Gasteiger partial charge in [-0.05, 0) is 13.0 Å². The number of rotatable bonds is 7. The van der Waals surface area contributed by atoms with Crippen molar-refractivity contribution in [3.05, 3.63) is 0 Å². The van der Waals surface area contributed by atoms with Crippen molar-refractivity contribution in [2.75, 3.05) is 32.8 Å². The van der Waals surface area contributed by atoms with E-state index in [1.54, 1.807) is 0 Å². The molecule has 142 valence electrons. The number of morpholine rings is 1. The summed E-state index contributed by atoms with van der Waals surface area (Å²) in [6.07, 6.45) is -10.7. The van der Waals surface area contributed by atoms with Gasteiger partial charge in [0, 0.05) is 19.5 Å². The van der Waals surface area contributed by atoms with Crippen molar-refractivity contribution in [2.24, 2.45) is 0 Å². The van der Waals surface area contributed by atoms with Crippen molar-refractivity contribution < 1.29 is 49.2 Å². The molecule has 1 fully saturated rings. The highest BCUT2D eigenvalue weighted by Crippen LogP contribution is 2.38. The number of alkyl halides is 5. The summed E-state index contributed by atoms with van der Waals surface area (Å²) in [6, 6.07) is 0. The third-order valence-electron chi connectivity index (χ3n) is 3.15. The highest BCUT2D eigenvalue weighted by atomic mass is 32.2. The maximum atomic E-state index is 13.2. The summed E-state index contributed by atoms with van der Waals surface area (Å²) >= 11 is 0. The van der Waals surface area contributed by atoms with E-state index in [4.69, 9.17) is 9.29 Å². The molecular weight excluding hydrogens is 369 g/mol. The first-order chi connectivity index (χ1) is 10.9. The zero-order valence-corrected chi connectivity index (χ0v) is 13.1. The van der Waals surface area contributed by atoms with Gasteiger partial charge < -0.3 is 9.47 Å². The first-order valence-corrected chi connectivity index (χ1v) is 8.21. The summed E-state index contributed by atoms with van der Waals surface area (Å²) in [7, 11) is -6.42. The van der Waals surface area contributed by atoms with Crippen molar-refractivity contribution >= 4 is 16.1 Å². The fourth-order valence-corrected chi connectivity index (χ4v) is 2.38. The van der Waals surface area contributed by atoms with Gasteiger partial charge in [0.1, 0.15) is 0 Å². The second kappa shape index (κ2) is 7.89. The summed E-state index contributed by atoms with van der Waals surface area (Å²) in [5, 5.41) is -5.70. The van der Waals surface area contributed by atoms with Gasteiger partial charge in [-0.1, -0.05) is 0 Å². The third-order valence-corrected chi connectivity index (χ3v) is 4.06. The molecule has 1 atom stereocenters. The summed E-state index contributed by atoms with van der Waals surface area (Å²) < 4.78 is 102. The van der Waals surface area contributed by atoms with E-state index in [9.17, 15) is 35.2 Å². The van der Waals surface area contributed by atoms with Crippen LogP contribution in [0.3, 0.4) is 0 Å². The maximum Gasteiger partial charge on any atom is 0.432 e. The van der Waals surface area contributed by atoms with E-state index in [-0.39, 0.29) is 6.42 Å². The first kappa shape index (κ1) is 21.0. The quantitative estimate of drug-likeness (QED) is 0.398. The van der Waals surface area contributed by atoms with Gasteiger partial charge in [0.25, 0.3) is 6.10 Å². The molecule has 1 heterocycles. The molecule has 24 heavy (non-hydrogen) atoms. The van der Waals surface area contributed by atoms with Crippen LogP contribution in [-0.2, 0) is 24.4 Å². The van der Waals surface area contributed by atoms with Crippen LogP contribution in [-0.4, -0.2) is 74.2 Å². The van der Waals surface area contributed by atoms with Crippen molar-refractivity contribution in [1.29, 1.82) is 0 Å². The monoisotopic (exact) mass is 385 g/mol. The normalized spacial score (nSPS) is 19.1. The van der Waals surface area contributed by atoms with Gasteiger partial charge in [0.2, 0.25) is 0 Å². The number of ether oxygens (including phenoxy) is 2. The number of hydrogen-bond donors (Lipinski definition) is 1. The summed E-state index contributed by atoms with van der Waals surface area (Å²) in [4.78, 5) is 13.2. The van der Waals surface area contributed by atoms with E-state index in [0.717, 1.165) is 0 Å². The highest BCUT2D eigenvalue weighted by Gasteiger charge is 2.65. The Hall–Kier alpha value is -1.05. The molecule has 0 bridgehead atoms. The molecule has 0 radical (unpaired) electrons. The van der Waals surface area contributed by atoms with Gasteiger partial charge in [-0.15, -0.1) is 0 Å². The first-order valence-electron chi connectivity index (χ1n) is 6.77. The Kier molecular flexibility index (Phi) is 6.90. The van der Waals surface area contributed by atoms with E-state index in [1.165, 1.54) is 0 Å². The van der Waals surface area contributed by atoms with Crippen LogP contribution in [0.5, 0.6) is 0 Å². The molecule has 0 aliphatic carbocycles. The van der Waals surface area contributed by atoms with Crippen molar-refractivity contribution in [3.63, 3.8) is 0 Å². The molecule has 7 nitrogen and oxygen atoms in total. The molecular formula is C11H16F5NO6S. The van der Waals surface area contributed by atoms with Crippen molar-refractivity contribution in [1.82, 2.24) is 4.90 Å². The van der Waals surface area contributed by atoms with Gasteiger partial charge >= 0.3 is 27.5 Å². The second-order valence-electron chi connectivity index (χ2n) is 5.01. The SMILES string of the molecule is O=C(CCCN1CCOCC1)OC(C(F)(F)F)C(F)(F)S(=O)(=O)O. The Bertz CT molecular complexity index is 532. The van der Waals surface area contributed by atoms with Crippen LogP contribution in [0.1, 0.15) is 12.8 Å². The zero-order chi connectivity index (χ0) is 18.6. The summed E-state index contributed by atoms with van der Waals surface area (Å²) in [6.45, 7) is 2.34. The zero-order valence-electron chi connectivity index (χ0n) is 12.3. The van der Waals surface area contributed by atoms with Gasteiger partial charge in [-0.25, -0.2) is 0 Å². The van der Waals surface area contributed by atoms with Crippen LogP contribution < -0.4 is 0 Å². The lowest BCUT2D eigenvalue weighted by Gasteiger charge is -2.27. The second-order valence-corrected chi connectivity index (χ2v) is 6.50. The molecule has 13 heteroatoms. The smallest absolute Gasteiger partial charge is 0.432 e. The van der Waals surface area contributed by atoms with Crippen LogP contribution in [0.15, 0.2) is 0 Å². The average Bonchev–Trinajstić information content (AvgIpc) is 2.43. The number of esters is 1. The minimum absolute atomic E-state index is 0.0286. The predicted octanol–water partition coefficient (Wildman–Crippen LogP) is 1.05. The molecule has 1 unspecified atom stereocenters. The van der Waals surface area contributed by atoms with E-state index < -0.39 is 40.0 Å². The lowest BCUT2D eigenvalue weighted by molar-refractivity contribution is -0.259. The molecule has 0 saturated carbocycles. The number of halogens is 5. The van der Waals surface area contributed by atoms with Gasteiger partial charge in [-0.2, -0.15) is 30.4 Å². The number of nitrogens with zero attached hydrogens (tertiary/aromatic N) is 1. The number of hydrogen-bond acceptors (Lipinski definition) is 6. The molecule has 1 aliphatic rings. The van der Waals surface area contributed by atoms with Crippen LogP contribution in [0.2, 0.25) is 0 Å². The van der Waals surface area contributed by atoms with E-state index in [2.05, 4.69) is 4.74 Å². The molecule has 0 amide bonds. The summed E-state index contributed by atoms with van der Waals surface area (Å²) in [5.41, 5.74) is 0. The Morgan fingerprint density at radius 2 is 1.75 bits per heavy atom. The number of carbonyl (C=O) groups is 1. The minimum atomic E-state index is -6.42. The van der Waals surface area contributed by atoms with Gasteiger partial charge in [0.15, 0.2) is 0 Å². The fourth-order valence-electron chi connectivity index (χ4n) is 1.92. The highest BCUT2D eigenvalue weighted by molar-refractivity contribution is 7.86. The van der Waals surface area contributed by atoms with E-state index in [0.29, 0.717) is 32.8 Å². The summed E-state index contributed by atoms with van der Waals surface area (Å²) in [5.74, 6) is -1.64. The molecule has 0 aromatic heterocycles. The number of carbonyl (C=O) groups excluding carboxylic acids is 1. The Morgan fingerprint density at radius 3 is 2.21 bits per heavy atom. The van der Waals surface area contributed by atoms with E-state index >= 15 is 0 Å². The van der Waals surface area contributed by atoms with Crippen LogP contribution in [0, 0.1) is 0 Å². The molecule has 0 aromatic rings. The van der Waals surface area contributed by atoms with E-state index in [1.807, 2.05) is 4.90 Å². The standard InChI is InChI=1S/C11H16F5NO6S/c12-10(13,14)9(11(15,16)24(19,20)21)23-8(18)2-1-3-17-4-6-22-7-5-17/h9H,1-7H2,(H,19,20,21). The fraction of sp³-hybridized carbons (Fsp3) is 0.909. The van der Waals surface area contributed by atoms with Gasteiger partial charge in [-0.3, -0.25) is 14.2 Å². The van der Waals surface area contributed by atoms with Gasteiger partial charge in [0.05, 0.1) is 13.2 Å². The average molecular weight is 385 g/mol. The van der Waals surface area contributed by atoms with Crippen LogP contribution in [0.25, 0.3) is 0 Å². The lowest BCUT2D eigenvalue weighted by Crippen LogP contribution is -2.52. The molecule has 0 spiro atoms. The van der Waals surface area contributed by atoms with Crippen molar-refractivity contribution in [2.45, 2.75) is 30.4 Å². The van der Waals surface area contributed by atoms with Crippen LogP contribution in [0.4, 0.5) is 22.0 Å². The molecule has 1 rings (SSSR count). The third kappa shape index (κ3) is 5.79. The molecule has 0 aromatic carbocycles. The van der Waals surface area contributed by atoms with Crippen molar-refractivity contribution in [3.8, 4) is 0 Å².